The lowest BCUT2D eigenvalue weighted by atomic mass is 10.4. The summed E-state index contributed by atoms with van der Waals surface area (Å²) in [6, 6.07) is 5.87. The third kappa shape index (κ3) is 2.72. The van der Waals surface area contributed by atoms with Gasteiger partial charge in [0.15, 0.2) is 0 Å². The fraction of sp³-hybridized carbons (Fsp3) is 0.533. The molecular weight excluding hydrogens is 254 g/mol. The lowest BCUT2D eigenvalue weighted by Crippen LogP contribution is -2.25. The van der Waals surface area contributed by atoms with E-state index in [1.54, 1.807) is 12.5 Å². The monoisotopic (exact) mass is 273 g/mol. The number of hydrogen-bond donors (Lipinski definition) is 1. The Morgan fingerprint density at radius 1 is 1.25 bits per heavy atom. The molecule has 4 rings (SSSR count). The Hall–Kier alpha value is -1.75. The molecule has 0 aliphatic heterocycles. The van der Waals surface area contributed by atoms with Gasteiger partial charge in [0.25, 0.3) is 6.01 Å². The van der Waals surface area contributed by atoms with E-state index in [1.165, 1.54) is 25.7 Å². The van der Waals surface area contributed by atoms with E-state index in [0.29, 0.717) is 12.1 Å². The highest BCUT2D eigenvalue weighted by atomic mass is 16.4. The van der Waals surface area contributed by atoms with Crippen LogP contribution >= 0.6 is 0 Å². The zero-order valence-electron chi connectivity index (χ0n) is 11.4. The Morgan fingerprint density at radius 3 is 2.85 bits per heavy atom. The highest BCUT2D eigenvalue weighted by molar-refractivity contribution is 5.32. The lowest BCUT2D eigenvalue weighted by Gasteiger charge is -2.18. The van der Waals surface area contributed by atoms with Crippen molar-refractivity contribution in [1.82, 2.24) is 10.3 Å². The first-order chi connectivity index (χ1) is 9.88. The second-order valence-corrected chi connectivity index (χ2v) is 5.72. The van der Waals surface area contributed by atoms with Crippen LogP contribution in [0.5, 0.6) is 0 Å². The summed E-state index contributed by atoms with van der Waals surface area (Å²) in [5, 5.41) is 3.46. The van der Waals surface area contributed by atoms with Gasteiger partial charge in [-0.1, -0.05) is 0 Å². The molecule has 0 atom stereocenters. The van der Waals surface area contributed by atoms with Crippen molar-refractivity contribution in [2.45, 2.75) is 50.9 Å². The molecule has 106 valence electrons. The van der Waals surface area contributed by atoms with Crippen molar-refractivity contribution in [2.24, 2.45) is 0 Å². The van der Waals surface area contributed by atoms with Crippen molar-refractivity contribution in [2.75, 3.05) is 4.90 Å². The summed E-state index contributed by atoms with van der Waals surface area (Å²) in [5.74, 6) is 0.952. The SMILES string of the molecule is c1coc(CN(c2nc(CNC3CC3)co2)C2CC2)c1. The van der Waals surface area contributed by atoms with E-state index in [1.807, 2.05) is 12.1 Å². The van der Waals surface area contributed by atoms with E-state index in [9.17, 15) is 0 Å². The van der Waals surface area contributed by atoms with E-state index in [-0.39, 0.29) is 0 Å². The number of nitrogens with one attached hydrogen (secondary N) is 1. The van der Waals surface area contributed by atoms with Crippen LogP contribution in [-0.2, 0) is 13.1 Å². The van der Waals surface area contributed by atoms with Crippen LogP contribution in [0.4, 0.5) is 6.01 Å². The second kappa shape index (κ2) is 4.98. The zero-order valence-corrected chi connectivity index (χ0v) is 11.4. The third-order valence-corrected chi connectivity index (χ3v) is 3.83. The largest absolute Gasteiger partial charge is 0.467 e. The molecule has 5 nitrogen and oxygen atoms in total. The van der Waals surface area contributed by atoms with Crippen LogP contribution < -0.4 is 10.2 Å². The Morgan fingerprint density at radius 2 is 2.15 bits per heavy atom. The number of anilines is 1. The lowest BCUT2D eigenvalue weighted by molar-refractivity contribution is 0.476. The molecule has 2 saturated carbocycles. The molecule has 2 aromatic rings. The molecule has 0 bridgehead atoms. The van der Waals surface area contributed by atoms with Gasteiger partial charge in [0.05, 0.1) is 18.5 Å². The number of oxazole rings is 1. The predicted octanol–water partition coefficient (Wildman–Crippen LogP) is 2.69. The highest BCUT2D eigenvalue weighted by Crippen LogP contribution is 2.32. The maximum atomic E-state index is 5.66. The average Bonchev–Trinajstić information content (AvgIpc) is 3.37. The Kier molecular flexibility index (Phi) is 2.99. The second-order valence-electron chi connectivity index (χ2n) is 5.72. The van der Waals surface area contributed by atoms with Gasteiger partial charge in [-0.05, 0) is 37.8 Å². The molecule has 2 aromatic heterocycles. The molecule has 0 unspecified atom stereocenters. The molecule has 2 heterocycles. The smallest absolute Gasteiger partial charge is 0.298 e. The molecule has 0 aromatic carbocycles. The Balaban J connectivity index is 1.45. The number of aromatic nitrogens is 1. The van der Waals surface area contributed by atoms with Gasteiger partial charge in [0, 0.05) is 18.6 Å². The first-order valence-electron chi connectivity index (χ1n) is 7.35. The van der Waals surface area contributed by atoms with Crippen LogP contribution in [0.2, 0.25) is 0 Å². The normalized spacial score (nSPS) is 18.4. The highest BCUT2D eigenvalue weighted by Gasteiger charge is 2.32. The van der Waals surface area contributed by atoms with E-state index in [2.05, 4.69) is 15.2 Å². The van der Waals surface area contributed by atoms with Crippen molar-refractivity contribution in [3.05, 3.63) is 36.1 Å². The zero-order chi connectivity index (χ0) is 13.4. The molecule has 0 amide bonds. The summed E-state index contributed by atoms with van der Waals surface area (Å²) < 4.78 is 11.1. The summed E-state index contributed by atoms with van der Waals surface area (Å²) in [4.78, 5) is 6.82. The predicted molar refractivity (Wildman–Crippen MR) is 74.3 cm³/mol. The fourth-order valence-corrected chi connectivity index (χ4v) is 2.36. The number of nitrogens with zero attached hydrogens (tertiary/aromatic N) is 2. The minimum absolute atomic E-state index is 0.544. The number of hydrogen-bond acceptors (Lipinski definition) is 5. The first-order valence-corrected chi connectivity index (χ1v) is 7.35. The molecule has 5 heteroatoms. The molecule has 1 N–H and O–H groups in total. The van der Waals surface area contributed by atoms with Crippen molar-refractivity contribution in [1.29, 1.82) is 0 Å². The van der Waals surface area contributed by atoms with E-state index in [4.69, 9.17) is 8.83 Å². The van der Waals surface area contributed by atoms with Gasteiger partial charge in [-0.15, -0.1) is 0 Å². The van der Waals surface area contributed by atoms with Crippen molar-refractivity contribution < 1.29 is 8.83 Å². The third-order valence-electron chi connectivity index (χ3n) is 3.83. The van der Waals surface area contributed by atoms with Crippen molar-refractivity contribution in [3.63, 3.8) is 0 Å². The molecule has 20 heavy (non-hydrogen) atoms. The Bertz CT molecular complexity index is 555. The standard InChI is InChI=1S/C15H19N3O2/c1-2-14(19-7-1)9-18(13-5-6-13)15-17-12(10-20-15)8-16-11-3-4-11/h1-2,7,10-11,13,16H,3-6,8-9H2. The fourth-order valence-electron chi connectivity index (χ4n) is 2.36. The van der Waals surface area contributed by atoms with Crippen LogP contribution in [0, 0.1) is 0 Å². The van der Waals surface area contributed by atoms with Crippen LogP contribution in [-0.4, -0.2) is 17.1 Å². The van der Waals surface area contributed by atoms with Crippen LogP contribution in [0.25, 0.3) is 0 Å². The van der Waals surface area contributed by atoms with Gasteiger partial charge in [-0.25, -0.2) is 0 Å². The van der Waals surface area contributed by atoms with Crippen LogP contribution in [0.3, 0.4) is 0 Å². The Labute approximate surface area is 118 Å². The van der Waals surface area contributed by atoms with Crippen LogP contribution in [0.15, 0.2) is 33.5 Å². The van der Waals surface area contributed by atoms with Gasteiger partial charge < -0.3 is 19.1 Å². The maximum Gasteiger partial charge on any atom is 0.298 e. The molecule has 0 radical (unpaired) electrons. The van der Waals surface area contributed by atoms with Gasteiger partial charge in [-0.3, -0.25) is 0 Å². The van der Waals surface area contributed by atoms with Gasteiger partial charge in [0.1, 0.15) is 12.0 Å². The topological polar surface area (TPSA) is 54.4 Å². The summed E-state index contributed by atoms with van der Waals surface area (Å²) in [6.45, 7) is 1.53. The molecular formula is C15H19N3O2. The van der Waals surface area contributed by atoms with E-state index < -0.39 is 0 Å². The van der Waals surface area contributed by atoms with Crippen LogP contribution in [0.1, 0.15) is 37.1 Å². The van der Waals surface area contributed by atoms with Gasteiger partial charge in [0.2, 0.25) is 0 Å². The summed E-state index contributed by atoms with van der Waals surface area (Å²) in [6.07, 6.45) is 8.47. The summed E-state index contributed by atoms with van der Waals surface area (Å²) in [7, 11) is 0. The van der Waals surface area contributed by atoms with Crippen molar-refractivity contribution >= 4 is 6.01 Å². The van der Waals surface area contributed by atoms with E-state index >= 15 is 0 Å². The van der Waals surface area contributed by atoms with Gasteiger partial charge >= 0.3 is 0 Å². The molecule has 0 spiro atoms. The van der Waals surface area contributed by atoms with Crippen molar-refractivity contribution in [3.8, 4) is 0 Å². The molecule has 2 aliphatic carbocycles. The van der Waals surface area contributed by atoms with Gasteiger partial charge in [-0.2, -0.15) is 4.98 Å². The summed E-state index contributed by atoms with van der Waals surface area (Å²) in [5.41, 5.74) is 0.983. The average molecular weight is 273 g/mol. The maximum absolute atomic E-state index is 5.66. The first kappa shape index (κ1) is 12.0. The minimum atomic E-state index is 0.544. The minimum Gasteiger partial charge on any atom is -0.467 e. The number of furan rings is 1. The number of rotatable bonds is 7. The quantitative estimate of drug-likeness (QED) is 0.840. The molecule has 2 aliphatic rings. The summed E-state index contributed by atoms with van der Waals surface area (Å²) >= 11 is 0. The molecule has 2 fully saturated rings. The van der Waals surface area contributed by atoms with E-state index in [0.717, 1.165) is 30.6 Å². The molecule has 0 saturated heterocycles.